The highest BCUT2D eigenvalue weighted by atomic mass is 16.5. The monoisotopic (exact) mass is 476 g/mol. The maximum atomic E-state index is 13.7. The zero-order valence-electron chi connectivity index (χ0n) is 20.3. The molecule has 0 heterocycles. The minimum Gasteiger partial charge on any atom is -0.507 e. The van der Waals surface area contributed by atoms with E-state index in [0.29, 0.717) is 22.4 Å². The van der Waals surface area contributed by atoms with Gasteiger partial charge in [-0.25, -0.2) is 0 Å². The number of phenols is 1. The second-order valence-corrected chi connectivity index (χ2v) is 9.38. The molecule has 4 nitrogen and oxygen atoms in total. The van der Waals surface area contributed by atoms with E-state index in [1.807, 2.05) is 105 Å². The van der Waals surface area contributed by atoms with Crippen molar-refractivity contribution in [2.75, 3.05) is 0 Å². The fourth-order valence-corrected chi connectivity index (χ4v) is 4.81. The predicted octanol–water partition coefficient (Wildman–Crippen LogP) is 7.07. The Balaban J connectivity index is 1.70. The quantitative estimate of drug-likeness (QED) is 0.203. The van der Waals surface area contributed by atoms with E-state index in [1.165, 1.54) is 0 Å². The van der Waals surface area contributed by atoms with Crippen LogP contribution in [0.1, 0.15) is 25.3 Å². The molecule has 0 unspecified atom stereocenters. The summed E-state index contributed by atoms with van der Waals surface area (Å²) in [6.45, 7) is 3.76. The molecule has 0 aliphatic carbocycles. The Kier molecular flexibility index (Phi) is 6.45. The second-order valence-electron chi connectivity index (χ2n) is 9.38. The molecular formula is C32H28O4. The van der Waals surface area contributed by atoms with Gasteiger partial charge in [-0.05, 0) is 45.2 Å². The van der Waals surface area contributed by atoms with E-state index in [9.17, 15) is 15.0 Å². The van der Waals surface area contributed by atoms with Gasteiger partial charge in [0, 0.05) is 11.1 Å². The SMILES string of the molecule is CC(C)[C@H](O)[C@@H](C(=O)Oc1ccc2ccccc2c1-c1c(O)ccc2ccccc12)c1ccccc1. The van der Waals surface area contributed by atoms with E-state index >= 15 is 0 Å². The van der Waals surface area contributed by atoms with Gasteiger partial charge >= 0.3 is 5.97 Å². The molecule has 0 aliphatic rings. The summed E-state index contributed by atoms with van der Waals surface area (Å²) in [5.41, 5.74) is 1.94. The number of hydrogen-bond acceptors (Lipinski definition) is 4. The fourth-order valence-electron chi connectivity index (χ4n) is 4.81. The van der Waals surface area contributed by atoms with Crippen LogP contribution in [0.2, 0.25) is 0 Å². The topological polar surface area (TPSA) is 66.8 Å². The molecule has 4 heteroatoms. The standard InChI is InChI=1S/C32H28O4/c1-20(2)31(34)28(23-12-4-3-5-13-23)32(35)36-27-19-17-22-11-7-9-15-25(22)30(27)29-24-14-8-6-10-21(24)16-18-26(29)33/h3-20,28,31,33-34H,1-2H3/t28-,31-/m0/s1. The van der Waals surface area contributed by atoms with Crippen molar-refractivity contribution in [1.29, 1.82) is 0 Å². The van der Waals surface area contributed by atoms with Crippen LogP contribution in [-0.4, -0.2) is 22.3 Å². The molecule has 2 N–H and O–H groups in total. The number of carbonyl (C=O) groups is 1. The smallest absolute Gasteiger partial charge is 0.321 e. The summed E-state index contributed by atoms with van der Waals surface area (Å²) in [5.74, 6) is -1.11. The van der Waals surface area contributed by atoms with Crippen molar-refractivity contribution in [3.8, 4) is 22.6 Å². The number of aromatic hydroxyl groups is 1. The predicted molar refractivity (Wildman–Crippen MR) is 144 cm³/mol. The summed E-state index contributed by atoms with van der Waals surface area (Å²) < 4.78 is 6.09. The Morgan fingerprint density at radius 1 is 0.694 bits per heavy atom. The molecule has 0 radical (unpaired) electrons. The van der Waals surface area contributed by atoms with Gasteiger partial charge in [-0.1, -0.05) is 105 Å². The van der Waals surface area contributed by atoms with E-state index in [2.05, 4.69) is 0 Å². The van der Waals surface area contributed by atoms with Crippen LogP contribution in [0.5, 0.6) is 11.5 Å². The first-order valence-electron chi connectivity index (χ1n) is 12.1. The van der Waals surface area contributed by atoms with E-state index in [1.54, 1.807) is 12.1 Å². The number of fused-ring (bicyclic) bond motifs is 2. The van der Waals surface area contributed by atoms with Gasteiger partial charge in [-0.15, -0.1) is 0 Å². The van der Waals surface area contributed by atoms with Crippen molar-refractivity contribution in [2.24, 2.45) is 5.92 Å². The Hall–Kier alpha value is -4.15. The number of hydrogen-bond donors (Lipinski definition) is 2. The maximum absolute atomic E-state index is 13.7. The molecule has 5 aromatic carbocycles. The highest BCUT2D eigenvalue weighted by Gasteiger charge is 2.33. The number of carbonyl (C=O) groups excluding carboxylic acids is 1. The van der Waals surface area contributed by atoms with Crippen LogP contribution in [-0.2, 0) is 4.79 Å². The number of esters is 1. The number of ether oxygens (including phenoxy) is 1. The number of aliphatic hydroxyl groups excluding tert-OH is 1. The molecule has 2 atom stereocenters. The van der Waals surface area contributed by atoms with Crippen LogP contribution < -0.4 is 4.74 Å². The first-order valence-corrected chi connectivity index (χ1v) is 12.1. The normalized spacial score (nSPS) is 13.1. The van der Waals surface area contributed by atoms with Gasteiger partial charge in [0.1, 0.15) is 17.4 Å². The molecular weight excluding hydrogens is 448 g/mol. The van der Waals surface area contributed by atoms with Crippen molar-refractivity contribution in [2.45, 2.75) is 25.9 Å². The second kappa shape index (κ2) is 9.84. The minimum absolute atomic E-state index is 0.101. The van der Waals surface area contributed by atoms with Crippen LogP contribution in [0.4, 0.5) is 0 Å². The Morgan fingerprint density at radius 2 is 1.25 bits per heavy atom. The first-order chi connectivity index (χ1) is 17.5. The summed E-state index contributed by atoms with van der Waals surface area (Å²) in [6, 6.07) is 32.1. The summed E-state index contributed by atoms with van der Waals surface area (Å²) in [6.07, 6.45) is -0.922. The minimum atomic E-state index is -0.922. The molecule has 0 amide bonds. The van der Waals surface area contributed by atoms with Crippen molar-refractivity contribution < 1.29 is 19.7 Å². The van der Waals surface area contributed by atoms with Crippen molar-refractivity contribution in [3.63, 3.8) is 0 Å². The fraction of sp³-hybridized carbons (Fsp3) is 0.156. The van der Waals surface area contributed by atoms with E-state index in [-0.39, 0.29) is 11.7 Å². The lowest BCUT2D eigenvalue weighted by Crippen LogP contribution is -2.33. The lowest BCUT2D eigenvalue weighted by atomic mass is 9.87. The molecule has 5 aromatic rings. The Labute approximate surface area is 210 Å². The number of benzene rings is 5. The molecule has 5 rings (SSSR count). The first kappa shape index (κ1) is 23.6. The van der Waals surface area contributed by atoms with Crippen LogP contribution in [0, 0.1) is 5.92 Å². The van der Waals surface area contributed by atoms with Gasteiger partial charge in [-0.3, -0.25) is 4.79 Å². The third-order valence-electron chi connectivity index (χ3n) is 6.70. The van der Waals surface area contributed by atoms with E-state index < -0.39 is 18.0 Å². The summed E-state index contributed by atoms with van der Waals surface area (Å²) >= 11 is 0. The third-order valence-corrected chi connectivity index (χ3v) is 6.70. The van der Waals surface area contributed by atoms with Crippen molar-refractivity contribution >= 4 is 27.5 Å². The van der Waals surface area contributed by atoms with Crippen molar-refractivity contribution in [3.05, 3.63) is 109 Å². The molecule has 0 saturated carbocycles. The largest absolute Gasteiger partial charge is 0.507 e. The average Bonchev–Trinajstić information content (AvgIpc) is 2.90. The van der Waals surface area contributed by atoms with E-state index in [0.717, 1.165) is 21.5 Å². The van der Waals surface area contributed by atoms with Gasteiger partial charge in [0.2, 0.25) is 0 Å². The van der Waals surface area contributed by atoms with Crippen LogP contribution in [0.15, 0.2) is 103 Å². The van der Waals surface area contributed by atoms with Gasteiger partial charge in [-0.2, -0.15) is 0 Å². The summed E-state index contributed by atoms with van der Waals surface area (Å²) in [4.78, 5) is 13.7. The van der Waals surface area contributed by atoms with Gasteiger partial charge < -0.3 is 14.9 Å². The highest BCUT2D eigenvalue weighted by molar-refractivity contribution is 6.10. The maximum Gasteiger partial charge on any atom is 0.321 e. The molecule has 0 aromatic heterocycles. The lowest BCUT2D eigenvalue weighted by Gasteiger charge is -2.25. The lowest BCUT2D eigenvalue weighted by molar-refractivity contribution is -0.139. The van der Waals surface area contributed by atoms with Gasteiger partial charge in [0.25, 0.3) is 0 Å². The Morgan fingerprint density at radius 3 is 1.89 bits per heavy atom. The molecule has 0 saturated heterocycles. The highest BCUT2D eigenvalue weighted by Crippen LogP contribution is 2.45. The number of aliphatic hydroxyl groups is 1. The zero-order chi connectivity index (χ0) is 25.2. The molecule has 0 spiro atoms. The summed E-state index contributed by atoms with van der Waals surface area (Å²) in [5, 5.41) is 25.7. The van der Waals surface area contributed by atoms with Crippen LogP contribution in [0.25, 0.3) is 32.7 Å². The molecule has 0 aliphatic heterocycles. The number of rotatable bonds is 6. The molecule has 0 fully saturated rings. The average molecular weight is 477 g/mol. The molecule has 0 bridgehead atoms. The third kappa shape index (κ3) is 4.32. The Bertz CT molecular complexity index is 1540. The van der Waals surface area contributed by atoms with Gasteiger partial charge in [0.15, 0.2) is 0 Å². The van der Waals surface area contributed by atoms with Crippen LogP contribution in [0.3, 0.4) is 0 Å². The number of phenolic OH excluding ortho intramolecular Hbond substituents is 1. The van der Waals surface area contributed by atoms with Gasteiger partial charge in [0.05, 0.1) is 6.10 Å². The van der Waals surface area contributed by atoms with E-state index in [4.69, 9.17) is 4.74 Å². The zero-order valence-corrected chi connectivity index (χ0v) is 20.3. The molecule has 36 heavy (non-hydrogen) atoms. The molecule has 180 valence electrons. The van der Waals surface area contributed by atoms with Crippen molar-refractivity contribution in [1.82, 2.24) is 0 Å². The summed E-state index contributed by atoms with van der Waals surface area (Å²) in [7, 11) is 0. The van der Waals surface area contributed by atoms with Crippen LogP contribution >= 0.6 is 0 Å².